The van der Waals surface area contributed by atoms with E-state index in [0.29, 0.717) is 29.7 Å². The van der Waals surface area contributed by atoms with E-state index in [1.807, 2.05) is 0 Å². The topological polar surface area (TPSA) is 55.1 Å². The SMILES string of the molecule is NC[C@H]1CC[C@@H](NC(=O)C23CC4C[C@](c5ccccc5)(C2)C[C@@]3(CCCl)C4)CC1. The van der Waals surface area contributed by atoms with Gasteiger partial charge < -0.3 is 11.1 Å². The van der Waals surface area contributed by atoms with Crippen LogP contribution >= 0.6 is 11.6 Å². The molecule has 5 saturated carbocycles. The minimum atomic E-state index is -0.217. The number of amides is 1. The van der Waals surface area contributed by atoms with Crippen molar-refractivity contribution in [2.24, 2.45) is 28.4 Å². The highest BCUT2D eigenvalue weighted by Crippen LogP contribution is 2.77. The molecule has 1 amide bonds. The molecular formula is C25H35ClN2O. The molecule has 0 saturated heterocycles. The molecule has 4 atom stereocenters. The summed E-state index contributed by atoms with van der Waals surface area (Å²) >= 11 is 6.34. The number of carbonyl (C=O) groups is 1. The van der Waals surface area contributed by atoms with Crippen LogP contribution in [-0.4, -0.2) is 24.4 Å². The average molecular weight is 415 g/mol. The lowest BCUT2D eigenvalue weighted by Crippen LogP contribution is -2.51. The van der Waals surface area contributed by atoms with Gasteiger partial charge in [-0.2, -0.15) is 0 Å². The molecule has 5 fully saturated rings. The zero-order valence-electron chi connectivity index (χ0n) is 17.5. The third kappa shape index (κ3) is 2.98. The molecule has 6 rings (SSSR count). The van der Waals surface area contributed by atoms with Gasteiger partial charge in [-0.15, -0.1) is 11.6 Å². The molecule has 0 aliphatic heterocycles. The first kappa shape index (κ1) is 19.9. The largest absolute Gasteiger partial charge is 0.353 e. The Morgan fingerprint density at radius 3 is 2.52 bits per heavy atom. The van der Waals surface area contributed by atoms with Crippen LogP contribution in [0, 0.1) is 22.7 Å². The van der Waals surface area contributed by atoms with E-state index in [1.54, 1.807) is 0 Å². The van der Waals surface area contributed by atoms with Crippen molar-refractivity contribution in [3.63, 3.8) is 0 Å². The number of benzene rings is 1. The van der Waals surface area contributed by atoms with Gasteiger partial charge in [0.25, 0.3) is 0 Å². The van der Waals surface area contributed by atoms with Crippen molar-refractivity contribution in [3.05, 3.63) is 35.9 Å². The Bertz CT molecular complexity index is 761. The van der Waals surface area contributed by atoms with Gasteiger partial charge in [-0.05, 0) is 99.0 Å². The van der Waals surface area contributed by atoms with Gasteiger partial charge in [0.05, 0.1) is 5.41 Å². The first-order valence-corrected chi connectivity index (χ1v) is 12.2. The highest BCUT2D eigenvalue weighted by atomic mass is 35.5. The standard InChI is InChI=1S/C25H35ClN2O/c26-11-10-24-13-19-12-23(16-24,20-4-2-1-3-5-20)17-25(24,14-19)22(29)28-21-8-6-18(15-27)7-9-21/h1-5,18-19,21H,6-17,27H2,(H,28,29)/t18-,19?,21+,23-,24-,25?/m1/s1. The highest BCUT2D eigenvalue weighted by Gasteiger charge is 2.74. The summed E-state index contributed by atoms with van der Waals surface area (Å²) in [7, 11) is 0. The maximum absolute atomic E-state index is 13.9. The molecule has 0 radical (unpaired) electrons. The monoisotopic (exact) mass is 414 g/mol. The molecule has 4 heteroatoms. The molecule has 0 spiro atoms. The first-order valence-electron chi connectivity index (χ1n) is 11.7. The van der Waals surface area contributed by atoms with E-state index in [0.717, 1.165) is 57.9 Å². The molecule has 5 aliphatic carbocycles. The summed E-state index contributed by atoms with van der Waals surface area (Å²) in [5.41, 5.74) is 7.35. The summed E-state index contributed by atoms with van der Waals surface area (Å²) < 4.78 is 0. The van der Waals surface area contributed by atoms with Crippen LogP contribution in [0.1, 0.15) is 69.8 Å². The second-order valence-corrected chi connectivity index (χ2v) is 11.1. The molecule has 2 unspecified atom stereocenters. The van der Waals surface area contributed by atoms with Crippen LogP contribution in [0.4, 0.5) is 0 Å². The Morgan fingerprint density at radius 1 is 1.07 bits per heavy atom. The third-order valence-corrected chi connectivity index (χ3v) is 9.43. The smallest absolute Gasteiger partial charge is 0.227 e. The fraction of sp³-hybridized carbons (Fsp3) is 0.720. The van der Waals surface area contributed by atoms with Gasteiger partial charge >= 0.3 is 0 Å². The Labute approximate surface area is 180 Å². The number of hydrogen-bond donors (Lipinski definition) is 2. The number of carbonyl (C=O) groups excluding carboxylic acids is 1. The molecule has 1 aromatic carbocycles. The van der Waals surface area contributed by atoms with Gasteiger partial charge in [-0.3, -0.25) is 4.79 Å². The minimum Gasteiger partial charge on any atom is -0.353 e. The lowest BCUT2D eigenvalue weighted by Gasteiger charge is -2.41. The van der Waals surface area contributed by atoms with E-state index in [1.165, 1.54) is 18.4 Å². The molecule has 3 nitrogen and oxygen atoms in total. The van der Waals surface area contributed by atoms with Crippen molar-refractivity contribution in [3.8, 4) is 0 Å². The van der Waals surface area contributed by atoms with Crippen molar-refractivity contribution < 1.29 is 4.79 Å². The van der Waals surface area contributed by atoms with Gasteiger partial charge in [0.1, 0.15) is 0 Å². The van der Waals surface area contributed by atoms with E-state index in [4.69, 9.17) is 17.3 Å². The van der Waals surface area contributed by atoms with E-state index in [-0.39, 0.29) is 16.2 Å². The van der Waals surface area contributed by atoms with Crippen molar-refractivity contribution in [1.29, 1.82) is 0 Å². The van der Waals surface area contributed by atoms with Crippen molar-refractivity contribution in [2.75, 3.05) is 12.4 Å². The van der Waals surface area contributed by atoms with Crippen LogP contribution in [0.5, 0.6) is 0 Å². The van der Waals surface area contributed by atoms with Gasteiger partial charge in [0.15, 0.2) is 0 Å². The number of halogens is 1. The van der Waals surface area contributed by atoms with E-state index in [2.05, 4.69) is 35.6 Å². The third-order valence-electron chi connectivity index (χ3n) is 9.24. The number of rotatable bonds is 6. The molecular weight excluding hydrogens is 380 g/mol. The Morgan fingerprint density at radius 2 is 1.83 bits per heavy atom. The second-order valence-electron chi connectivity index (χ2n) is 10.7. The fourth-order valence-electron chi connectivity index (χ4n) is 8.16. The predicted molar refractivity (Wildman–Crippen MR) is 118 cm³/mol. The number of hydrogen-bond acceptors (Lipinski definition) is 2. The summed E-state index contributed by atoms with van der Waals surface area (Å²) in [4.78, 5) is 13.9. The quantitative estimate of drug-likeness (QED) is 0.659. The van der Waals surface area contributed by atoms with Crippen LogP contribution in [0.3, 0.4) is 0 Å². The first-order chi connectivity index (χ1) is 14.0. The summed E-state index contributed by atoms with van der Waals surface area (Å²) in [6.07, 6.45) is 11.1. The van der Waals surface area contributed by atoms with Crippen LogP contribution in [0.25, 0.3) is 0 Å². The molecule has 158 valence electrons. The molecule has 0 aromatic heterocycles. The van der Waals surface area contributed by atoms with Gasteiger partial charge in [-0.1, -0.05) is 30.3 Å². The molecule has 29 heavy (non-hydrogen) atoms. The predicted octanol–water partition coefficient (Wildman–Crippen LogP) is 4.77. The van der Waals surface area contributed by atoms with Gasteiger partial charge in [0.2, 0.25) is 5.91 Å². The molecule has 0 heterocycles. The number of nitrogens with two attached hydrogens (primary N) is 1. The van der Waals surface area contributed by atoms with E-state index < -0.39 is 0 Å². The summed E-state index contributed by atoms with van der Waals surface area (Å²) in [5.74, 6) is 2.32. The fourth-order valence-corrected chi connectivity index (χ4v) is 8.53. The number of alkyl halides is 1. The van der Waals surface area contributed by atoms with E-state index >= 15 is 0 Å². The Kier molecular flexibility index (Phi) is 4.98. The molecule has 3 N–H and O–H groups in total. The number of nitrogens with one attached hydrogen (secondary N) is 1. The lowest BCUT2D eigenvalue weighted by molar-refractivity contribution is -0.137. The Balaban J connectivity index is 1.43. The minimum absolute atomic E-state index is 0.0893. The van der Waals surface area contributed by atoms with Crippen LogP contribution in [0.15, 0.2) is 30.3 Å². The molecule has 5 aliphatic rings. The average Bonchev–Trinajstić information content (AvgIpc) is 3.08. The van der Waals surface area contributed by atoms with Gasteiger partial charge in [-0.25, -0.2) is 0 Å². The van der Waals surface area contributed by atoms with Crippen molar-refractivity contribution >= 4 is 17.5 Å². The van der Waals surface area contributed by atoms with Crippen LogP contribution < -0.4 is 11.1 Å². The van der Waals surface area contributed by atoms with Crippen molar-refractivity contribution in [2.45, 2.75) is 75.7 Å². The summed E-state index contributed by atoms with van der Waals surface area (Å²) in [6, 6.07) is 11.3. The molecule has 4 bridgehead atoms. The zero-order valence-corrected chi connectivity index (χ0v) is 18.2. The second kappa shape index (κ2) is 7.27. The Hall–Kier alpha value is -1.06. The summed E-state index contributed by atoms with van der Waals surface area (Å²) in [6.45, 7) is 0.782. The maximum atomic E-state index is 13.9. The maximum Gasteiger partial charge on any atom is 0.227 e. The highest BCUT2D eigenvalue weighted by molar-refractivity contribution is 6.17. The van der Waals surface area contributed by atoms with Gasteiger partial charge in [0, 0.05) is 11.9 Å². The van der Waals surface area contributed by atoms with Crippen LogP contribution in [0.2, 0.25) is 0 Å². The van der Waals surface area contributed by atoms with E-state index in [9.17, 15) is 4.79 Å². The lowest BCUT2D eigenvalue weighted by atomic mass is 9.63. The normalized spacial score (nSPS) is 42.9. The molecule has 1 aromatic rings. The summed E-state index contributed by atoms with van der Waals surface area (Å²) in [5, 5.41) is 3.54. The zero-order chi connectivity index (χ0) is 20.1. The van der Waals surface area contributed by atoms with Crippen LogP contribution in [-0.2, 0) is 10.2 Å². The van der Waals surface area contributed by atoms with Crippen molar-refractivity contribution in [1.82, 2.24) is 5.32 Å².